The van der Waals surface area contributed by atoms with E-state index in [1.165, 1.54) is 0 Å². The average Bonchev–Trinajstić information content (AvgIpc) is 2.65. The van der Waals surface area contributed by atoms with Crippen LogP contribution in [0.25, 0.3) is 0 Å². The van der Waals surface area contributed by atoms with Gasteiger partial charge in [-0.3, -0.25) is 14.3 Å². The monoisotopic (exact) mass is 244 g/mol. The topological polar surface area (TPSA) is 84.3 Å². The minimum Gasteiger partial charge on any atom is -0.394 e. The molecule has 0 spiro atoms. The number of aliphatic hydroxyl groups is 1. The van der Waals surface area contributed by atoms with Crippen molar-refractivity contribution in [3.63, 3.8) is 0 Å². The number of aromatic amines is 1. The van der Waals surface area contributed by atoms with Gasteiger partial charge in [-0.1, -0.05) is 6.92 Å². The van der Waals surface area contributed by atoms with Crippen molar-refractivity contribution in [3.8, 4) is 0 Å². The highest BCUT2D eigenvalue weighted by Crippen LogP contribution is 2.32. The van der Waals surface area contributed by atoms with Gasteiger partial charge in [-0.25, -0.2) is 4.79 Å². The molecule has 0 radical (unpaired) electrons. The van der Waals surface area contributed by atoms with Gasteiger partial charge in [0.2, 0.25) is 5.82 Å². The molecule has 94 valence electrons. The molecule has 7 heteroatoms. The first kappa shape index (κ1) is 12.0. The van der Waals surface area contributed by atoms with Gasteiger partial charge in [0.1, 0.15) is 6.23 Å². The average molecular weight is 244 g/mol. The number of aliphatic hydroxyl groups excluding tert-OH is 1. The van der Waals surface area contributed by atoms with Crippen LogP contribution in [0.15, 0.2) is 15.8 Å². The van der Waals surface area contributed by atoms with Crippen LogP contribution in [-0.4, -0.2) is 27.4 Å². The number of H-pyrrole nitrogens is 1. The van der Waals surface area contributed by atoms with Crippen LogP contribution >= 0.6 is 0 Å². The molecule has 1 saturated heterocycles. The Morgan fingerprint density at radius 1 is 1.65 bits per heavy atom. The second-order valence-electron chi connectivity index (χ2n) is 4.19. The molecule has 0 amide bonds. The van der Waals surface area contributed by atoms with Crippen LogP contribution in [0.2, 0.25) is 0 Å². The number of aromatic nitrogens is 2. The molecule has 1 fully saturated rings. The fraction of sp³-hybridized carbons (Fsp3) is 0.600. The Bertz CT molecular complexity index is 524. The van der Waals surface area contributed by atoms with Gasteiger partial charge in [0.25, 0.3) is 5.56 Å². The van der Waals surface area contributed by atoms with Gasteiger partial charge in [0.05, 0.1) is 18.9 Å². The molecular weight excluding hydrogens is 231 g/mol. The third-order valence-electron chi connectivity index (χ3n) is 2.86. The Labute approximate surface area is 95.7 Å². The number of ether oxygens (including phenoxy) is 1. The van der Waals surface area contributed by atoms with Crippen LogP contribution in [0.1, 0.15) is 19.6 Å². The summed E-state index contributed by atoms with van der Waals surface area (Å²) < 4.78 is 19.5. The van der Waals surface area contributed by atoms with Crippen LogP contribution in [0.5, 0.6) is 0 Å². The lowest BCUT2D eigenvalue weighted by Gasteiger charge is -2.17. The summed E-state index contributed by atoms with van der Waals surface area (Å²) in [6.45, 7) is 1.68. The van der Waals surface area contributed by atoms with E-state index < -0.39 is 23.3 Å². The zero-order valence-electron chi connectivity index (χ0n) is 9.22. The number of halogens is 1. The quantitative estimate of drug-likeness (QED) is 0.740. The van der Waals surface area contributed by atoms with Crippen molar-refractivity contribution in [1.82, 2.24) is 9.55 Å². The van der Waals surface area contributed by atoms with E-state index in [-0.39, 0.29) is 18.6 Å². The summed E-state index contributed by atoms with van der Waals surface area (Å²) in [6.07, 6.45) is 0.388. The maximum Gasteiger partial charge on any atom is 0.330 e. The van der Waals surface area contributed by atoms with E-state index >= 15 is 0 Å². The molecule has 0 saturated carbocycles. The minimum atomic E-state index is -1.05. The first-order valence-corrected chi connectivity index (χ1v) is 5.30. The van der Waals surface area contributed by atoms with Crippen LogP contribution in [0.4, 0.5) is 4.39 Å². The molecule has 0 unspecified atom stereocenters. The normalized spacial score (nSPS) is 28.5. The summed E-state index contributed by atoms with van der Waals surface area (Å²) in [6, 6.07) is 0. The summed E-state index contributed by atoms with van der Waals surface area (Å²) in [5.41, 5.74) is -1.76. The minimum absolute atomic E-state index is 0.0462. The van der Waals surface area contributed by atoms with E-state index in [4.69, 9.17) is 9.84 Å². The number of hydrogen-bond acceptors (Lipinski definition) is 4. The zero-order chi connectivity index (χ0) is 12.6. The van der Waals surface area contributed by atoms with Crippen LogP contribution in [-0.2, 0) is 4.74 Å². The predicted molar refractivity (Wildman–Crippen MR) is 56.1 cm³/mol. The maximum atomic E-state index is 13.1. The van der Waals surface area contributed by atoms with Gasteiger partial charge >= 0.3 is 5.69 Å². The van der Waals surface area contributed by atoms with E-state index in [0.29, 0.717) is 6.42 Å². The molecule has 1 aromatic rings. The van der Waals surface area contributed by atoms with Crippen molar-refractivity contribution >= 4 is 0 Å². The van der Waals surface area contributed by atoms with Crippen molar-refractivity contribution in [2.45, 2.75) is 25.7 Å². The third kappa shape index (κ3) is 2.16. The Balaban J connectivity index is 2.38. The highest BCUT2D eigenvalue weighted by atomic mass is 19.1. The zero-order valence-corrected chi connectivity index (χ0v) is 9.22. The van der Waals surface area contributed by atoms with E-state index in [1.807, 2.05) is 11.9 Å². The molecule has 1 aliphatic heterocycles. The summed E-state index contributed by atoms with van der Waals surface area (Å²) in [4.78, 5) is 24.3. The SMILES string of the molecule is C[C@H]1C[C@@H](CO)O[C@H]1n1cc(F)c(=O)[nH]c1=O. The second kappa shape index (κ2) is 4.42. The van der Waals surface area contributed by atoms with Gasteiger partial charge in [-0.05, 0) is 6.42 Å². The van der Waals surface area contributed by atoms with Crippen molar-refractivity contribution in [3.05, 3.63) is 32.9 Å². The standard InChI is InChI=1S/C10H13FN2O4/c1-5-2-6(4-14)17-9(5)13-3-7(11)8(15)12-10(13)16/h3,5-6,9,14H,2,4H2,1H3,(H,12,15,16)/t5-,6-,9+/m0/s1. The smallest absolute Gasteiger partial charge is 0.330 e. The molecule has 6 nitrogen and oxygen atoms in total. The lowest BCUT2D eigenvalue weighted by Crippen LogP contribution is -2.35. The van der Waals surface area contributed by atoms with Crippen molar-refractivity contribution in [2.75, 3.05) is 6.61 Å². The number of nitrogens with zero attached hydrogens (tertiary/aromatic N) is 1. The largest absolute Gasteiger partial charge is 0.394 e. The lowest BCUT2D eigenvalue weighted by molar-refractivity contribution is -0.0341. The highest BCUT2D eigenvalue weighted by molar-refractivity contribution is 4.90. The molecule has 3 atom stereocenters. The highest BCUT2D eigenvalue weighted by Gasteiger charge is 2.33. The molecule has 0 aromatic carbocycles. The number of hydrogen-bond donors (Lipinski definition) is 2. The van der Waals surface area contributed by atoms with E-state index in [2.05, 4.69) is 0 Å². The van der Waals surface area contributed by atoms with Crippen LogP contribution in [0, 0.1) is 11.7 Å². The first-order valence-electron chi connectivity index (χ1n) is 5.30. The molecule has 2 heterocycles. The van der Waals surface area contributed by atoms with Gasteiger partial charge in [-0.2, -0.15) is 4.39 Å². The fourth-order valence-electron chi connectivity index (χ4n) is 2.03. The molecule has 2 N–H and O–H groups in total. The summed E-state index contributed by atoms with van der Waals surface area (Å²) in [5, 5.41) is 8.97. The van der Waals surface area contributed by atoms with E-state index in [9.17, 15) is 14.0 Å². The summed E-state index contributed by atoms with van der Waals surface area (Å²) in [7, 11) is 0. The Hall–Kier alpha value is -1.47. The number of nitrogens with one attached hydrogen (secondary N) is 1. The van der Waals surface area contributed by atoms with E-state index in [0.717, 1.165) is 10.8 Å². The van der Waals surface area contributed by atoms with Crippen molar-refractivity contribution < 1.29 is 14.2 Å². The predicted octanol–water partition coefficient (Wildman–Crippen LogP) is -0.408. The molecule has 0 bridgehead atoms. The van der Waals surface area contributed by atoms with Gasteiger partial charge in [0.15, 0.2) is 0 Å². The molecule has 2 rings (SSSR count). The van der Waals surface area contributed by atoms with E-state index in [1.54, 1.807) is 0 Å². The van der Waals surface area contributed by atoms with Crippen LogP contribution < -0.4 is 11.2 Å². The Morgan fingerprint density at radius 2 is 2.35 bits per heavy atom. The molecule has 1 aromatic heterocycles. The van der Waals surface area contributed by atoms with Gasteiger partial charge in [-0.15, -0.1) is 0 Å². The lowest BCUT2D eigenvalue weighted by atomic mass is 10.1. The molecule has 0 aliphatic carbocycles. The molecule has 1 aliphatic rings. The van der Waals surface area contributed by atoms with Crippen molar-refractivity contribution in [1.29, 1.82) is 0 Å². The summed E-state index contributed by atoms with van der Waals surface area (Å²) >= 11 is 0. The Kier molecular flexibility index (Phi) is 3.12. The number of rotatable bonds is 2. The third-order valence-corrected chi connectivity index (χ3v) is 2.86. The second-order valence-corrected chi connectivity index (χ2v) is 4.19. The molecule has 17 heavy (non-hydrogen) atoms. The fourth-order valence-corrected chi connectivity index (χ4v) is 2.03. The van der Waals surface area contributed by atoms with Crippen molar-refractivity contribution in [2.24, 2.45) is 5.92 Å². The molecular formula is C10H13FN2O4. The first-order chi connectivity index (χ1) is 8.02. The van der Waals surface area contributed by atoms with Gasteiger partial charge < -0.3 is 9.84 Å². The maximum absolute atomic E-state index is 13.1. The Morgan fingerprint density at radius 3 is 2.94 bits per heavy atom. The van der Waals surface area contributed by atoms with Gasteiger partial charge in [0, 0.05) is 5.92 Å². The van der Waals surface area contributed by atoms with Crippen LogP contribution in [0.3, 0.4) is 0 Å². The summed E-state index contributed by atoms with van der Waals surface area (Å²) in [5.74, 6) is -1.08.